The molecule has 1 saturated heterocycles. The Bertz CT molecular complexity index is 1370. The lowest BCUT2D eigenvalue weighted by Crippen LogP contribution is -2.44. The van der Waals surface area contributed by atoms with Crippen LogP contribution in [0.4, 0.5) is 4.79 Å². The number of aliphatic hydroxyl groups is 2. The van der Waals surface area contributed by atoms with E-state index in [1.54, 1.807) is 18.3 Å². The Morgan fingerprint density at radius 1 is 1.07 bits per heavy atom. The molecule has 0 saturated carbocycles. The zero-order chi connectivity index (χ0) is 29.7. The highest BCUT2D eigenvalue weighted by Gasteiger charge is 2.30. The fraction of sp³-hybridized carbons (Fsp3) is 0.467. The molecule has 2 amide bonds. The number of urea groups is 1. The van der Waals surface area contributed by atoms with Gasteiger partial charge in [-0.2, -0.15) is 0 Å². The summed E-state index contributed by atoms with van der Waals surface area (Å²) in [5.74, 6) is 0.823. The van der Waals surface area contributed by atoms with Gasteiger partial charge in [0.2, 0.25) is 5.96 Å². The van der Waals surface area contributed by atoms with Crippen LogP contribution in [0.5, 0.6) is 5.75 Å². The summed E-state index contributed by atoms with van der Waals surface area (Å²) >= 11 is 0. The molecule has 11 nitrogen and oxygen atoms in total. The van der Waals surface area contributed by atoms with Crippen LogP contribution in [0, 0.1) is 27.6 Å². The standard InChI is InChI=1S/C30H41N7O4/c1-30(2,3)25(39)16-26(31)35-29(40)34-23-9-10-24(22-7-5-4-6-21(22)23)41-20-8-11-27(32)37(17-20)28(33)36-14-12-19(18-38)13-15-36/h4-8,11,16-17,19,23-24,32-33,38-39H,9-10,12-15,18H2,1-3H3,(H3,31,34,35,40)/b25-16-,32-27?,33-28?. The first-order valence-corrected chi connectivity index (χ1v) is 14.0. The van der Waals surface area contributed by atoms with E-state index in [2.05, 4.69) is 10.6 Å². The van der Waals surface area contributed by atoms with Gasteiger partial charge in [0.25, 0.3) is 0 Å². The quantitative estimate of drug-likeness (QED) is 0.164. The van der Waals surface area contributed by atoms with Crippen molar-refractivity contribution in [3.63, 3.8) is 0 Å². The van der Waals surface area contributed by atoms with Crippen molar-refractivity contribution in [1.29, 1.82) is 16.2 Å². The molecule has 2 aromatic rings. The minimum atomic E-state index is -0.528. The number of carbonyl (C=O) groups excluding carboxylic acids is 1. The Labute approximate surface area is 240 Å². The third-order valence-electron chi connectivity index (χ3n) is 7.64. The van der Waals surface area contributed by atoms with Gasteiger partial charge >= 0.3 is 6.03 Å². The second-order valence-electron chi connectivity index (χ2n) is 11.7. The highest BCUT2D eigenvalue weighted by atomic mass is 16.5. The van der Waals surface area contributed by atoms with E-state index < -0.39 is 11.4 Å². The van der Waals surface area contributed by atoms with E-state index in [0.717, 1.165) is 24.0 Å². The fourth-order valence-electron chi connectivity index (χ4n) is 5.10. The van der Waals surface area contributed by atoms with Crippen molar-refractivity contribution in [2.24, 2.45) is 11.3 Å². The largest absolute Gasteiger partial charge is 0.512 e. The number of fused-ring (bicyclic) bond motifs is 1. The Kier molecular flexibility index (Phi) is 9.17. The number of likely N-dealkylation sites (tertiary alicyclic amines) is 1. The third kappa shape index (κ3) is 7.35. The summed E-state index contributed by atoms with van der Waals surface area (Å²) in [5.41, 5.74) is 1.51. The van der Waals surface area contributed by atoms with E-state index in [9.17, 15) is 15.0 Å². The van der Waals surface area contributed by atoms with Crippen LogP contribution in [0.1, 0.15) is 69.7 Å². The number of nitrogens with one attached hydrogen (secondary N) is 5. The second-order valence-corrected chi connectivity index (χ2v) is 11.7. The van der Waals surface area contributed by atoms with Gasteiger partial charge in [0.1, 0.15) is 28.9 Å². The van der Waals surface area contributed by atoms with Crippen molar-refractivity contribution in [3.8, 4) is 5.75 Å². The van der Waals surface area contributed by atoms with Crippen LogP contribution in [0.2, 0.25) is 0 Å². The Hall–Kier alpha value is -4.12. The molecule has 2 unspecified atom stereocenters. The summed E-state index contributed by atoms with van der Waals surface area (Å²) in [4.78, 5) is 14.6. The number of piperidine rings is 1. The molecule has 1 aromatic heterocycles. The highest BCUT2D eigenvalue weighted by Crippen LogP contribution is 2.38. The number of amidine groups is 1. The third-order valence-corrected chi connectivity index (χ3v) is 7.64. The molecule has 41 heavy (non-hydrogen) atoms. The van der Waals surface area contributed by atoms with Crippen molar-refractivity contribution < 1.29 is 19.7 Å². The number of hydrogen-bond acceptors (Lipinski definition) is 7. The molecule has 220 valence electrons. The van der Waals surface area contributed by atoms with Gasteiger partial charge in [-0.1, -0.05) is 45.0 Å². The predicted octanol–water partition coefficient (Wildman–Crippen LogP) is 4.17. The van der Waals surface area contributed by atoms with Crippen molar-refractivity contribution in [1.82, 2.24) is 20.1 Å². The molecule has 7 N–H and O–H groups in total. The van der Waals surface area contributed by atoms with E-state index >= 15 is 0 Å². The first kappa shape index (κ1) is 29.9. The number of allylic oxidation sites excluding steroid dienone is 1. The molecule has 1 aromatic carbocycles. The van der Waals surface area contributed by atoms with Gasteiger partial charge in [-0.3, -0.25) is 26.1 Å². The van der Waals surface area contributed by atoms with Crippen molar-refractivity contribution >= 4 is 17.8 Å². The van der Waals surface area contributed by atoms with Crippen LogP contribution in [-0.2, 0) is 0 Å². The van der Waals surface area contributed by atoms with Crippen molar-refractivity contribution in [3.05, 3.63) is 71.0 Å². The maximum atomic E-state index is 12.7. The maximum absolute atomic E-state index is 12.7. The van der Waals surface area contributed by atoms with Crippen LogP contribution < -0.4 is 20.9 Å². The first-order valence-electron chi connectivity index (χ1n) is 14.0. The number of hydrogen-bond donors (Lipinski definition) is 7. The van der Waals surface area contributed by atoms with Crippen LogP contribution in [0.25, 0.3) is 0 Å². The molecule has 2 aliphatic rings. The molecule has 0 radical (unpaired) electrons. The maximum Gasteiger partial charge on any atom is 0.320 e. The van der Waals surface area contributed by atoms with Crippen LogP contribution in [0.15, 0.2) is 54.4 Å². The smallest absolute Gasteiger partial charge is 0.320 e. The Morgan fingerprint density at radius 3 is 2.41 bits per heavy atom. The predicted molar refractivity (Wildman–Crippen MR) is 156 cm³/mol. The summed E-state index contributed by atoms with van der Waals surface area (Å²) in [6.45, 7) is 6.93. The summed E-state index contributed by atoms with van der Waals surface area (Å²) in [5, 5.41) is 50.0. The number of rotatable bonds is 5. The van der Waals surface area contributed by atoms with E-state index in [4.69, 9.17) is 21.0 Å². The number of benzene rings is 1. The number of amides is 2. The molecular formula is C30H41N7O4. The SMILES string of the molecule is CC(C)(C)/C(O)=C/C(=N)NC(=O)NC1CCC(Oc2ccc(=N)n(C(=N)N3CCC(CO)CC3)c2)c2ccccc21. The van der Waals surface area contributed by atoms with E-state index in [1.165, 1.54) is 10.6 Å². The summed E-state index contributed by atoms with van der Waals surface area (Å²) < 4.78 is 7.91. The lowest BCUT2D eigenvalue weighted by atomic mass is 9.85. The van der Waals surface area contributed by atoms with Gasteiger partial charge in [-0.15, -0.1) is 0 Å². The summed E-state index contributed by atoms with van der Waals surface area (Å²) in [7, 11) is 0. The monoisotopic (exact) mass is 563 g/mol. The topological polar surface area (TPSA) is 171 Å². The van der Waals surface area contributed by atoms with Gasteiger partial charge in [-0.05, 0) is 54.9 Å². The lowest BCUT2D eigenvalue weighted by molar-refractivity contribution is 0.163. The number of pyridine rings is 1. The first-order chi connectivity index (χ1) is 19.5. The molecule has 1 aliphatic heterocycles. The molecule has 1 fully saturated rings. The van der Waals surface area contributed by atoms with Gasteiger partial charge in [0, 0.05) is 31.2 Å². The second kappa shape index (κ2) is 12.6. The van der Waals surface area contributed by atoms with Crippen LogP contribution >= 0.6 is 0 Å². The molecule has 1 aliphatic carbocycles. The molecule has 0 bridgehead atoms. The molecule has 2 atom stereocenters. The molecule has 11 heteroatoms. The Balaban J connectivity index is 1.44. The minimum absolute atomic E-state index is 0.00646. The van der Waals surface area contributed by atoms with E-state index in [0.29, 0.717) is 31.7 Å². The number of carbonyl (C=O) groups is 1. The minimum Gasteiger partial charge on any atom is -0.512 e. The van der Waals surface area contributed by atoms with Gasteiger partial charge in [0.05, 0.1) is 12.2 Å². The molecule has 2 heterocycles. The van der Waals surface area contributed by atoms with Crippen LogP contribution in [-0.4, -0.2) is 57.2 Å². The van der Waals surface area contributed by atoms with Crippen LogP contribution in [0.3, 0.4) is 0 Å². The summed E-state index contributed by atoms with van der Waals surface area (Å²) in [6, 6.07) is 10.3. The average Bonchev–Trinajstić information content (AvgIpc) is 2.94. The Morgan fingerprint density at radius 2 is 1.76 bits per heavy atom. The number of aliphatic hydroxyl groups excluding tert-OH is 2. The lowest BCUT2D eigenvalue weighted by Gasteiger charge is -2.34. The zero-order valence-corrected chi connectivity index (χ0v) is 23.9. The highest BCUT2D eigenvalue weighted by molar-refractivity contribution is 6.02. The van der Waals surface area contributed by atoms with Gasteiger partial charge in [0.15, 0.2) is 0 Å². The number of aromatic nitrogens is 1. The van der Waals surface area contributed by atoms with Gasteiger partial charge < -0.3 is 25.2 Å². The molecule has 0 spiro atoms. The van der Waals surface area contributed by atoms with Crippen molar-refractivity contribution in [2.75, 3.05) is 19.7 Å². The van der Waals surface area contributed by atoms with Gasteiger partial charge in [-0.25, -0.2) is 4.79 Å². The average molecular weight is 564 g/mol. The summed E-state index contributed by atoms with van der Waals surface area (Å²) in [6.07, 6.45) is 5.49. The number of ether oxygens (including phenoxy) is 1. The van der Waals surface area contributed by atoms with E-state index in [-0.39, 0.29) is 47.7 Å². The van der Waals surface area contributed by atoms with E-state index in [1.807, 2.05) is 49.9 Å². The molecule has 4 rings (SSSR count). The molecular weight excluding hydrogens is 522 g/mol. The fourth-order valence-corrected chi connectivity index (χ4v) is 5.10. The van der Waals surface area contributed by atoms with Crippen molar-refractivity contribution in [2.45, 2.75) is 58.6 Å². The zero-order valence-electron chi connectivity index (χ0n) is 23.9. The normalized spacial score (nSPS) is 19.7. The number of nitrogens with zero attached hydrogens (tertiary/aromatic N) is 2.